The number of hydrogen-bond donors (Lipinski definition) is 0. The largest absolute Gasteiger partial charge is 0.378 e. The van der Waals surface area contributed by atoms with E-state index in [9.17, 15) is 12.8 Å². The first-order valence-corrected chi connectivity index (χ1v) is 14.4. The van der Waals surface area contributed by atoms with Gasteiger partial charge in [0.2, 0.25) is 10.0 Å². The molecule has 4 nitrogen and oxygen atoms in total. The van der Waals surface area contributed by atoms with E-state index in [0.717, 1.165) is 38.4 Å². The molecule has 0 aromatic rings. The number of piperidine rings is 1. The van der Waals surface area contributed by atoms with Crippen molar-refractivity contribution in [3.05, 3.63) is 0 Å². The van der Waals surface area contributed by atoms with E-state index in [4.69, 9.17) is 4.74 Å². The average molecular weight is 454 g/mol. The Bertz CT molecular complexity index is 690. The van der Waals surface area contributed by atoms with Gasteiger partial charge in [0, 0.05) is 19.2 Å². The van der Waals surface area contributed by atoms with Gasteiger partial charge in [-0.05, 0) is 87.3 Å². The first kappa shape index (κ1) is 24.0. The van der Waals surface area contributed by atoms with E-state index in [-0.39, 0.29) is 41.7 Å². The molecular weight excluding hydrogens is 412 g/mol. The standard InChI is InChI=1S/C24H42BFNO3S/c1-17-9-10-20(22-15-21(16-26)25-11-5-13-30-22)14-23(17)31(28,29)27-12-4-8-19-7-3-6-18(2)24(19)27/h17-24H,3-16H2,1-2H3. The zero-order chi connectivity index (χ0) is 22.0. The summed E-state index contributed by atoms with van der Waals surface area (Å²) in [6, 6.07) is 0.197. The number of fused-ring (bicyclic) bond motifs is 1. The van der Waals surface area contributed by atoms with Gasteiger partial charge in [0.25, 0.3) is 0 Å². The molecule has 0 spiro atoms. The third-order valence-electron chi connectivity index (χ3n) is 8.90. The Kier molecular flexibility index (Phi) is 8.07. The zero-order valence-electron chi connectivity index (χ0n) is 19.6. The highest BCUT2D eigenvalue weighted by molar-refractivity contribution is 7.89. The lowest BCUT2D eigenvalue weighted by Crippen LogP contribution is -2.56. The van der Waals surface area contributed by atoms with Gasteiger partial charge in [0.1, 0.15) is 7.28 Å². The molecule has 2 saturated heterocycles. The molecule has 8 unspecified atom stereocenters. The minimum absolute atomic E-state index is 0.00907. The van der Waals surface area contributed by atoms with Crippen molar-refractivity contribution in [1.29, 1.82) is 0 Å². The molecule has 0 amide bonds. The molecule has 4 aliphatic rings. The van der Waals surface area contributed by atoms with Crippen molar-refractivity contribution in [2.75, 3.05) is 19.8 Å². The van der Waals surface area contributed by atoms with Crippen LogP contribution in [0.3, 0.4) is 0 Å². The molecule has 1 radical (unpaired) electrons. The zero-order valence-corrected chi connectivity index (χ0v) is 20.4. The predicted octanol–water partition coefficient (Wildman–Crippen LogP) is 5.08. The molecular formula is C24H42BFNO3S. The van der Waals surface area contributed by atoms with Crippen molar-refractivity contribution in [2.24, 2.45) is 23.7 Å². The minimum atomic E-state index is -3.35. The van der Waals surface area contributed by atoms with Crippen LogP contribution < -0.4 is 0 Å². The number of alkyl halides is 1. The van der Waals surface area contributed by atoms with Crippen LogP contribution >= 0.6 is 0 Å². The van der Waals surface area contributed by atoms with E-state index in [0.29, 0.717) is 37.8 Å². The van der Waals surface area contributed by atoms with Gasteiger partial charge in [0.05, 0.1) is 18.0 Å². The number of ether oxygens (including phenoxy) is 1. The Morgan fingerprint density at radius 2 is 1.77 bits per heavy atom. The summed E-state index contributed by atoms with van der Waals surface area (Å²) < 4.78 is 49.7. The van der Waals surface area contributed by atoms with Gasteiger partial charge in [-0.25, -0.2) is 8.42 Å². The maximum atomic E-state index is 14.0. The molecule has 4 fully saturated rings. The fourth-order valence-electron chi connectivity index (χ4n) is 7.12. The van der Waals surface area contributed by atoms with E-state index in [1.54, 1.807) is 0 Å². The summed E-state index contributed by atoms with van der Waals surface area (Å²) in [6.45, 7) is 5.45. The topological polar surface area (TPSA) is 46.6 Å². The second-order valence-corrected chi connectivity index (χ2v) is 13.1. The molecule has 2 aliphatic heterocycles. The first-order chi connectivity index (χ1) is 14.9. The summed E-state index contributed by atoms with van der Waals surface area (Å²) in [6.07, 6.45) is 10.9. The summed E-state index contributed by atoms with van der Waals surface area (Å²) in [7, 11) is -1.23. The van der Waals surface area contributed by atoms with Gasteiger partial charge in [-0.15, -0.1) is 0 Å². The quantitative estimate of drug-likeness (QED) is 0.557. The van der Waals surface area contributed by atoms with Crippen molar-refractivity contribution in [3.8, 4) is 0 Å². The van der Waals surface area contributed by atoms with Crippen LogP contribution in [0.2, 0.25) is 12.1 Å². The van der Waals surface area contributed by atoms with E-state index >= 15 is 0 Å². The molecule has 31 heavy (non-hydrogen) atoms. The third-order valence-corrected chi connectivity index (χ3v) is 11.4. The van der Waals surface area contributed by atoms with Crippen LogP contribution in [-0.4, -0.2) is 57.2 Å². The van der Waals surface area contributed by atoms with Crippen LogP contribution in [0.25, 0.3) is 0 Å². The van der Waals surface area contributed by atoms with E-state index < -0.39 is 10.0 Å². The Morgan fingerprint density at radius 1 is 0.968 bits per heavy atom. The van der Waals surface area contributed by atoms with Gasteiger partial charge < -0.3 is 4.74 Å². The smallest absolute Gasteiger partial charge is 0.217 e. The molecule has 0 bridgehead atoms. The van der Waals surface area contributed by atoms with Crippen LogP contribution in [0.1, 0.15) is 78.1 Å². The summed E-state index contributed by atoms with van der Waals surface area (Å²) >= 11 is 0. The van der Waals surface area contributed by atoms with E-state index in [1.165, 1.54) is 19.3 Å². The van der Waals surface area contributed by atoms with Gasteiger partial charge in [-0.3, -0.25) is 4.39 Å². The van der Waals surface area contributed by atoms with Crippen molar-refractivity contribution >= 4 is 17.3 Å². The average Bonchev–Trinajstić information content (AvgIpc) is 2.74. The molecule has 4 rings (SSSR count). The van der Waals surface area contributed by atoms with Gasteiger partial charge in [-0.1, -0.05) is 26.6 Å². The summed E-state index contributed by atoms with van der Waals surface area (Å²) in [5.74, 6) is 1.35. The van der Waals surface area contributed by atoms with Crippen molar-refractivity contribution < 1.29 is 17.5 Å². The number of halogens is 1. The number of sulfonamides is 1. The lowest BCUT2D eigenvalue weighted by atomic mass is 9.58. The van der Waals surface area contributed by atoms with Crippen molar-refractivity contribution in [3.63, 3.8) is 0 Å². The molecule has 0 N–H and O–H groups in total. The first-order valence-electron chi connectivity index (χ1n) is 12.9. The van der Waals surface area contributed by atoms with E-state index in [1.807, 2.05) is 4.31 Å². The maximum Gasteiger partial charge on any atom is 0.217 e. The van der Waals surface area contributed by atoms with Crippen LogP contribution in [0.5, 0.6) is 0 Å². The minimum Gasteiger partial charge on any atom is -0.378 e. The SMILES string of the molecule is CC1CCCC2CCCN(S(=O)(=O)C3CC(C4CC(CF)[B]CCCO4)CCC3C)C12. The fourth-order valence-corrected chi connectivity index (χ4v) is 9.79. The second kappa shape index (κ2) is 10.4. The summed E-state index contributed by atoms with van der Waals surface area (Å²) in [5.41, 5.74) is 0. The summed E-state index contributed by atoms with van der Waals surface area (Å²) in [5, 5.41) is -0.319. The lowest BCUT2D eigenvalue weighted by molar-refractivity contribution is -0.0123. The van der Waals surface area contributed by atoms with Gasteiger partial charge in [-0.2, -0.15) is 4.31 Å². The molecule has 7 heteroatoms. The van der Waals surface area contributed by atoms with Gasteiger partial charge >= 0.3 is 0 Å². The molecule has 2 heterocycles. The van der Waals surface area contributed by atoms with Crippen LogP contribution in [-0.2, 0) is 14.8 Å². The van der Waals surface area contributed by atoms with Gasteiger partial charge in [0.15, 0.2) is 0 Å². The van der Waals surface area contributed by atoms with E-state index in [2.05, 4.69) is 21.1 Å². The normalized spacial score (nSPS) is 43.3. The molecule has 0 aromatic heterocycles. The molecule has 2 aliphatic carbocycles. The Balaban J connectivity index is 1.51. The number of rotatable bonds is 4. The monoisotopic (exact) mass is 454 g/mol. The Morgan fingerprint density at radius 3 is 2.58 bits per heavy atom. The molecule has 8 atom stereocenters. The van der Waals surface area contributed by atoms with Crippen LogP contribution in [0.4, 0.5) is 4.39 Å². The van der Waals surface area contributed by atoms with Crippen LogP contribution in [0.15, 0.2) is 0 Å². The Labute approximate surface area is 190 Å². The highest BCUT2D eigenvalue weighted by Crippen LogP contribution is 2.44. The predicted molar refractivity (Wildman–Crippen MR) is 125 cm³/mol. The van der Waals surface area contributed by atoms with Crippen molar-refractivity contribution in [2.45, 2.75) is 108 Å². The highest BCUT2D eigenvalue weighted by Gasteiger charge is 2.48. The molecule has 0 aromatic carbocycles. The molecule has 177 valence electrons. The third kappa shape index (κ3) is 5.19. The second-order valence-electron chi connectivity index (χ2n) is 11.0. The fraction of sp³-hybridized carbons (Fsp3) is 1.00. The number of hydrogen-bond acceptors (Lipinski definition) is 3. The summed E-state index contributed by atoms with van der Waals surface area (Å²) in [4.78, 5) is 0. The van der Waals surface area contributed by atoms with Crippen molar-refractivity contribution in [1.82, 2.24) is 4.31 Å². The Hall–Kier alpha value is -0.135. The van der Waals surface area contributed by atoms with Crippen LogP contribution in [0, 0.1) is 23.7 Å². The number of nitrogens with zero attached hydrogens (tertiary/aromatic N) is 1. The maximum absolute atomic E-state index is 14.0. The lowest BCUT2D eigenvalue weighted by Gasteiger charge is -2.49. The molecule has 2 saturated carbocycles. The highest BCUT2D eigenvalue weighted by atomic mass is 32.2.